The summed E-state index contributed by atoms with van der Waals surface area (Å²) in [4.78, 5) is 6.28. The Morgan fingerprint density at radius 3 is 2.53 bits per heavy atom. The fourth-order valence-electron chi connectivity index (χ4n) is 2.03. The summed E-state index contributed by atoms with van der Waals surface area (Å²) in [6.07, 6.45) is 3.80. The summed E-state index contributed by atoms with van der Waals surface area (Å²) in [5, 5.41) is 3.45. The second kappa shape index (κ2) is 6.38. The van der Waals surface area contributed by atoms with Crippen LogP contribution >= 0.6 is 0 Å². The van der Waals surface area contributed by atoms with Crippen LogP contribution in [0, 0.1) is 0 Å². The molecule has 2 rings (SSSR count). The summed E-state index contributed by atoms with van der Waals surface area (Å²) in [5.41, 5.74) is 3.76. The standard InChI is InChI=1S/C15H22N4/c1-4-19-12-17-11-15(19)10-16-9-13-5-7-14(8-6-13)18(2)3/h5-8,11-12,16H,4,9-10H2,1-3H3. The first-order valence-corrected chi connectivity index (χ1v) is 6.66. The van der Waals surface area contributed by atoms with Gasteiger partial charge in [-0.3, -0.25) is 0 Å². The monoisotopic (exact) mass is 258 g/mol. The summed E-state index contributed by atoms with van der Waals surface area (Å²) in [7, 11) is 4.11. The van der Waals surface area contributed by atoms with Gasteiger partial charge in [-0.15, -0.1) is 0 Å². The van der Waals surface area contributed by atoms with Crippen molar-refractivity contribution in [2.45, 2.75) is 26.6 Å². The molecule has 4 nitrogen and oxygen atoms in total. The number of benzene rings is 1. The number of hydrogen-bond acceptors (Lipinski definition) is 3. The predicted octanol–water partition coefficient (Wildman–Crippen LogP) is 2.26. The molecule has 0 saturated heterocycles. The number of aryl methyl sites for hydroxylation is 1. The quantitative estimate of drug-likeness (QED) is 0.863. The van der Waals surface area contributed by atoms with Crippen LogP contribution in [0.3, 0.4) is 0 Å². The van der Waals surface area contributed by atoms with Gasteiger partial charge in [0.05, 0.1) is 12.0 Å². The van der Waals surface area contributed by atoms with E-state index < -0.39 is 0 Å². The molecule has 0 unspecified atom stereocenters. The number of nitrogens with one attached hydrogen (secondary N) is 1. The minimum atomic E-state index is 0.850. The van der Waals surface area contributed by atoms with E-state index in [1.165, 1.54) is 16.9 Å². The van der Waals surface area contributed by atoms with Crippen molar-refractivity contribution in [1.29, 1.82) is 0 Å². The maximum absolute atomic E-state index is 4.17. The van der Waals surface area contributed by atoms with Crippen LogP contribution in [0.25, 0.3) is 0 Å². The van der Waals surface area contributed by atoms with E-state index in [2.05, 4.69) is 65.1 Å². The molecule has 0 radical (unpaired) electrons. The molecule has 0 amide bonds. The normalized spacial score (nSPS) is 10.7. The molecule has 0 saturated carbocycles. The molecule has 0 fully saturated rings. The van der Waals surface area contributed by atoms with Crippen LogP contribution < -0.4 is 10.2 Å². The second-order valence-corrected chi connectivity index (χ2v) is 4.84. The first-order valence-electron chi connectivity index (χ1n) is 6.66. The van der Waals surface area contributed by atoms with Crippen molar-refractivity contribution < 1.29 is 0 Å². The second-order valence-electron chi connectivity index (χ2n) is 4.84. The molecule has 102 valence electrons. The Morgan fingerprint density at radius 2 is 1.89 bits per heavy atom. The summed E-state index contributed by atoms with van der Waals surface area (Å²) in [5.74, 6) is 0. The number of anilines is 1. The minimum absolute atomic E-state index is 0.850. The highest BCUT2D eigenvalue weighted by Gasteiger charge is 2.00. The van der Waals surface area contributed by atoms with Gasteiger partial charge >= 0.3 is 0 Å². The molecule has 0 atom stereocenters. The van der Waals surface area contributed by atoms with Crippen molar-refractivity contribution in [3.8, 4) is 0 Å². The molecule has 1 aromatic carbocycles. The van der Waals surface area contributed by atoms with E-state index in [9.17, 15) is 0 Å². The summed E-state index contributed by atoms with van der Waals surface area (Å²) >= 11 is 0. The van der Waals surface area contributed by atoms with Gasteiger partial charge in [-0.05, 0) is 24.6 Å². The lowest BCUT2D eigenvalue weighted by atomic mass is 10.2. The molecule has 0 aliphatic heterocycles. The zero-order valence-electron chi connectivity index (χ0n) is 11.9. The molecule has 0 aliphatic carbocycles. The van der Waals surface area contributed by atoms with Crippen molar-refractivity contribution >= 4 is 5.69 Å². The van der Waals surface area contributed by atoms with Gasteiger partial charge < -0.3 is 14.8 Å². The number of rotatable bonds is 6. The molecular weight excluding hydrogens is 236 g/mol. The van der Waals surface area contributed by atoms with E-state index in [1.807, 2.05) is 12.5 Å². The smallest absolute Gasteiger partial charge is 0.0948 e. The van der Waals surface area contributed by atoms with E-state index in [-0.39, 0.29) is 0 Å². The number of hydrogen-bond donors (Lipinski definition) is 1. The lowest BCUT2D eigenvalue weighted by Gasteiger charge is -2.13. The van der Waals surface area contributed by atoms with Crippen LogP contribution in [0.2, 0.25) is 0 Å². The maximum Gasteiger partial charge on any atom is 0.0948 e. The van der Waals surface area contributed by atoms with Gasteiger partial charge in [0.2, 0.25) is 0 Å². The zero-order chi connectivity index (χ0) is 13.7. The molecule has 0 bridgehead atoms. The highest BCUT2D eigenvalue weighted by molar-refractivity contribution is 5.45. The molecule has 0 aliphatic rings. The van der Waals surface area contributed by atoms with Crippen molar-refractivity contribution in [2.75, 3.05) is 19.0 Å². The Labute approximate surface area is 115 Å². The zero-order valence-corrected chi connectivity index (χ0v) is 11.9. The lowest BCUT2D eigenvalue weighted by Crippen LogP contribution is -2.15. The summed E-state index contributed by atoms with van der Waals surface area (Å²) in [6.45, 7) is 4.82. The average Bonchev–Trinajstić information content (AvgIpc) is 2.87. The van der Waals surface area contributed by atoms with E-state index in [0.29, 0.717) is 0 Å². The van der Waals surface area contributed by atoms with Crippen LogP contribution in [0.15, 0.2) is 36.8 Å². The Hall–Kier alpha value is -1.81. The summed E-state index contributed by atoms with van der Waals surface area (Å²) < 4.78 is 2.15. The average molecular weight is 258 g/mol. The third kappa shape index (κ3) is 3.58. The first-order chi connectivity index (χ1) is 9.20. The van der Waals surface area contributed by atoms with Gasteiger partial charge in [-0.2, -0.15) is 0 Å². The van der Waals surface area contributed by atoms with Crippen LogP contribution in [0.5, 0.6) is 0 Å². The van der Waals surface area contributed by atoms with Crippen LogP contribution in [-0.4, -0.2) is 23.6 Å². The molecular formula is C15H22N4. The molecule has 1 aromatic heterocycles. The molecule has 1 N–H and O–H groups in total. The SMILES string of the molecule is CCn1cncc1CNCc1ccc(N(C)C)cc1. The fraction of sp³-hybridized carbons (Fsp3) is 0.400. The Kier molecular flexibility index (Phi) is 4.58. The van der Waals surface area contributed by atoms with E-state index in [4.69, 9.17) is 0 Å². The maximum atomic E-state index is 4.17. The van der Waals surface area contributed by atoms with E-state index in [0.717, 1.165) is 19.6 Å². The van der Waals surface area contributed by atoms with Gasteiger partial charge in [0.1, 0.15) is 0 Å². The van der Waals surface area contributed by atoms with Gasteiger partial charge in [-0.1, -0.05) is 12.1 Å². The third-order valence-corrected chi connectivity index (χ3v) is 3.23. The molecule has 0 spiro atoms. The highest BCUT2D eigenvalue weighted by atomic mass is 15.1. The number of imidazole rings is 1. The van der Waals surface area contributed by atoms with Gasteiger partial charge in [-0.25, -0.2) is 4.98 Å². The summed E-state index contributed by atoms with van der Waals surface area (Å²) in [6, 6.07) is 8.62. The highest BCUT2D eigenvalue weighted by Crippen LogP contribution is 2.12. The molecule has 4 heteroatoms. The largest absolute Gasteiger partial charge is 0.378 e. The van der Waals surface area contributed by atoms with Crippen LogP contribution in [0.1, 0.15) is 18.2 Å². The molecule has 2 aromatic rings. The molecule has 1 heterocycles. The number of aromatic nitrogens is 2. The van der Waals surface area contributed by atoms with E-state index >= 15 is 0 Å². The Balaban J connectivity index is 1.85. The first kappa shape index (κ1) is 13.6. The minimum Gasteiger partial charge on any atom is -0.378 e. The fourth-order valence-corrected chi connectivity index (χ4v) is 2.03. The van der Waals surface area contributed by atoms with Crippen molar-refractivity contribution in [3.63, 3.8) is 0 Å². The Morgan fingerprint density at radius 1 is 1.16 bits per heavy atom. The van der Waals surface area contributed by atoms with Gasteiger partial charge in [0.25, 0.3) is 0 Å². The van der Waals surface area contributed by atoms with Crippen molar-refractivity contribution in [2.24, 2.45) is 0 Å². The third-order valence-electron chi connectivity index (χ3n) is 3.23. The van der Waals surface area contributed by atoms with Gasteiger partial charge in [0, 0.05) is 45.6 Å². The van der Waals surface area contributed by atoms with Crippen molar-refractivity contribution in [3.05, 3.63) is 48.0 Å². The van der Waals surface area contributed by atoms with E-state index in [1.54, 1.807) is 0 Å². The van der Waals surface area contributed by atoms with Crippen molar-refractivity contribution in [1.82, 2.24) is 14.9 Å². The Bertz CT molecular complexity index is 499. The van der Waals surface area contributed by atoms with Crippen LogP contribution in [0.4, 0.5) is 5.69 Å². The van der Waals surface area contributed by atoms with Gasteiger partial charge in [0.15, 0.2) is 0 Å². The van der Waals surface area contributed by atoms with Crippen LogP contribution in [-0.2, 0) is 19.6 Å². The topological polar surface area (TPSA) is 33.1 Å². The number of nitrogens with zero attached hydrogens (tertiary/aromatic N) is 3. The molecule has 19 heavy (non-hydrogen) atoms. The predicted molar refractivity (Wildman–Crippen MR) is 79.2 cm³/mol. The lowest BCUT2D eigenvalue weighted by molar-refractivity contribution is 0.628.